The maximum Gasteiger partial charge on any atom is 0.303 e. The molecule has 1 unspecified atom stereocenters. The summed E-state index contributed by atoms with van der Waals surface area (Å²) in [5.41, 5.74) is 0.309. The number of rotatable bonds is 8. The average molecular weight is 506 g/mol. The Morgan fingerprint density at radius 1 is 1.32 bits per heavy atom. The predicted molar refractivity (Wildman–Crippen MR) is 118 cm³/mol. The number of carboxylic acids is 1. The lowest BCUT2D eigenvalue weighted by Gasteiger charge is -2.22. The number of aliphatic carboxylic acids is 1. The van der Waals surface area contributed by atoms with E-state index in [2.05, 4.69) is 10.6 Å². The van der Waals surface area contributed by atoms with Gasteiger partial charge >= 0.3 is 5.97 Å². The lowest BCUT2D eigenvalue weighted by Crippen LogP contribution is -2.46. The van der Waals surface area contributed by atoms with E-state index in [1.54, 1.807) is 0 Å². The van der Waals surface area contributed by atoms with Gasteiger partial charge in [-0.25, -0.2) is 8.78 Å². The highest BCUT2D eigenvalue weighted by Crippen LogP contribution is 2.35. The predicted octanol–water partition coefficient (Wildman–Crippen LogP) is 2.34. The number of carbonyl (C=O) groups excluding carboxylic acids is 4. The molecule has 188 valence electrons. The number of nitrogens with one attached hydrogen (secondary N) is 2. The minimum atomic E-state index is -2.91. The van der Waals surface area contributed by atoms with Gasteiger partial charge in [0.2, 0.25) is 11.8 Å². The third kappa shape index (κ3) is 8.58. The number of carbonyl (C=O) groups is 5. The van der Waals surface area contributed by atoms with E-state index in [0.717, 1.165) is 4.90 Å². The summed E-state index contributed by atoms with van der Waals surface area (Å²) in [5, 5.41) is 12.9. The zero-order valence-corrected chi connectivity index (χ0v) is 19.6. The number of amides is 3. The van der Waals surface area contributed by atoms with E-state index in [4.69, 9.17) is 21.4 Å². The van der Waals surface area contributed by atoms with Gasteiger partial charge in [0.15, 0.2) is 5.75 Å². The monoisotopic (exact) mass is 505 g/mol. The molecule has 3 N–H and O–H groups in total. The Bertz CT molecular complexity index is 943. The summed E-state index contributed by atoms with van der Waals surface area (Å²) in [7, 11) is 1.30. The number of alkyl halides is 2. The van der Waals surface area contributed by atoms with Gasteiger partial charge in [0.05, 0.1) is 31.3 Å². The van der Waals surface area contributed by atoms with Gasteiger partial charge in [-0.15, -0.1) is 0 Å². The standard InChI is InChI=1S/C17H20ClF2N3O4.C4H6O3/c1-9(16(26)23-7-6-17(19,20)8-23)21-15(25)11-4-5-12(22-10(2)24)13(18)14(11)27-3;5-3-1-2-4(6)7/h4-5,9H,6-8H2,1-3H3,(H,21,25)(H,22,24);3H,1-2H2,(H,6,7). The van der Waals surface area contributed by atoms with Crippen molar-refractivity contribution in [3.05, 3.63) is 22.7 Å². The highest BCUT2D eigenvalue weighted by Gasteiger charge is 2.41. The fraction of sp³-hybridized carbons (Fsp3) is 0.476. The van der Waals surface area contributed by atoms with Crippen molar-refractivity contribution < 1.29 is 42.6 Å². The van der Waals surface area contributed by atoms with Crippen molar-refractivity contribution >= 4 is 47.3 Å². The second-order valence-corrected chi connectivity index (χ2v) is 7.73. The molecule has 0 aromatic heterocycles. The number of carboxylic acid groups (broad SMARTS) is 1. The van der Waals surface area contributed by atoms with Gasteiger partial charge in [0.1, 0.15) is 17.4 Å². The van der Waals surface area contributed by atoms with E-state index < -0.39 is 42.7 Å². The molecule has 34 heavy (non-hydrogen) atoms. The molecule has 13 heteroatoms. The Morgan fingerprint density at radius 2 is 1.97 bits per heavy atom. The van der Waals surface area contributed by atoms with E-state index >= 15 is 0 Å². The van der Waals surface area contributed by atoms with Gasteiger partial charge in [-0.1, -0.05) is 11.6 Å². The number of methoxy groups -OCH3 is 1. The van der Waals surface area contributed by atoms with Crippen LogP contribution in [-0.4, -0.2) is 72.1 Å². The first-order valence-electron chi connectivity index (χ1n) is 10.1. The van der Waals surface area contributed by atoms with Crippen LogP contribution in [0.25, 0.3) is 0 Å². The first-order chi connectivity index (χ1) is 15.8. The van der Waals surface area contributed by atoms with Crippen LogP contribution in [0.5, 0.6) is 5.75 Å². The van der Waals surface area contributed by atoms with Crippen molar-refractivity contribution in [3.8, 4) is 5.75 Å². The lowest BCUT2D eigenvalue weighted by molar-refractivity contribution is -0.137. The molecular weight excluding hydrogens is 480 g/mol. The third-order valence-electron chi connectivity index (χ3n) is 4.53. The van der Waals surface area contributed by atoms with Crippen LogP contribution < -0.4 is 15.4 Å². The van der Waals surface area contributed by atoms with Gasteiger partial charge in [0.25, 0.3) is 11.8 Å². The molecule has 3 amide bonds. The SMILES string of the molecule is COc1c(C(=O)NC(C)C(=O)N2CCC(F)(F)C2)ccc(NC(C)=O)c1Cl.O=CCCC(=O)O. The number of ether oxygens (including phenoxy) is 1. The van der Waals surface area contributed by atoms with Gasteiger partial charge in [-0.05, 0) is 19.1 Å². The molecule has 1 heterocycles. The van der Waals surface area contributed by atoms with E-state index in [1.807, 2.05) is 0 Å². The van der Waals surface area contributed by atoms with Crippen molar-refractivity contribution in [2.24, 2.45) is 0 Å². The first kappa shape index (κ1) is 28.8. The smallest absolute Gasteiger partial charge is 0.303 e. The molecule has 2 rings (SSSR count). The third-order valence-corrected chi connectivity index (χ3v) is 4.91. The van der Waals surface area contributed by atoms with Crippen LogP contribution in [0.15, 0.2) is 12.1 Å². The van der Waals surface area contributed by atoms with Crippen LogP contribution in [0, 0.1) is 0 Å². The zero-order chi connectivity index (χ0) is 26.1. The summed E-state index contributed by atoms with van der Waals surface area (Å²) in [6.07, 6.45) is 0.264. The van der Waals surface area contributed by atoms with Crippen LogP contribution >= 0.6 is 11.6 Å². The minimum absolute atomic E-state index is 0.0211. The van der Waals surface area contributed by atoms with Crippen molar-refractivity contribution in [2.45, 2.75) is 45.1 Å². The van der Waals surface area contributed by atoms with Crippen LogP contribution in [0.2, 0.25) is 5.02 Å². The molecule has 0 radical (unpaired) electrons. The molecule has 10 nitrogen and oxygen atoms in total. The number of hydrogen-bond acceptors (Lipinski definition) is 6. The van der Waals surface area contributed by atoms with Crippen molar-refractivity contribution in [1.82, 2.24) is 10.2 Å². The van der Waals surface area contributed by atoms with Crippen LogP contribution in [0.3, 0.4) is 0 Å². The fourth-order valence-electron chi connectivity index (χ4n) is 2.94. The number of likely N-dealkylation sites (tertiary alicyclic amines) is 1. The summed E-state index contributed by atoms with van der Waals surface area (Å²) in [6.45, 7) is 1.99. The highest BCUT2D eigenvalue weighted by atomic mass is 35.5. The fourth-order valence-corrected chi connectivity index (χ4v) is 3.23. The van der Waals surface area contributed by atoms with Crippen LogP contribution in [0.1, 0.15) is 43.5 Å². The number of benzene rings is 1. The molecule has 0 aliphatic carbocycles. The van der Waals surface area contributed by atoms with Crippen molar-refractivity contribution in [1.29, 1.82) is 0 Å². The summed E-state index contributed by atoms with van der Waals surface area (Å²) >= 11 is 6.16. The maximum atomic E-state index is 13.3. The zero-order valence-electron chi connectivity index (χ0n) is 18.8. The van der Waals surface area contributed by atoms with Gasteiger partial charge in [-0.3, -0.25) is 19.2 Å². The first-order valence-corrected chi connectivity index (χ1v) is 10.5. The molecule has 1 aliphatic heterocycles. The summed E-state index contributed by atoms with van der Waals surface area (Å²) < 4.78 is 31.7. The molecule has 0 bridgehead atoms. The number of aldehydes is 1. The Balaban J connectivity index is 0.000000718. The van der Waals surface area contributed by atoms with Crippen molar-refractivity contribution in [2.75, 3.05) is 25.5 Å². The largest absolute Gasteiger partial charge is 0.494 e. The van der Waals surface area contributed by atoms with E-state index in [9.17, 15) is 32.8 Å². The summed E-state index contributed by atoms with van der Waals surface area (Å²) in [6, 6.07) is 1.80. The number of halogens is 3. The van der Waals surface area contributed by atoms with Gasteiger partial charge in [-0.2, -0.15) is 0 Å². The molecule has 1 aliphatic rings. The molecule has 1 aromatic rings. The molecule has 1 saturated heterocycles. The normalized spacial score (nSPS) is 14.8. The summed E-state index contributed by atoms with van der Waals surface area (Å²) in [4.78, 5) is 56.0. The second-order valence-electron chi connectivity index (χ2n) is 7.35. The van der Waals surface area contributed by atoms with Crippen LogP contribution in [-0.2, 0) is 19.2 Å². The van der Waals surface area contributed by atoms with Crippen molar-refractivity contribution in [3.63, 3.8) is 0 Å². The Kier molecular flexibility index (Phi) is 10.8. The minimum Gasteiger partial charge on any atom is -0.494 e. The molecule has 1 aromatic carbocycles. The lowest BCUT2D eigenvalue weighted by atomic mass is 10.1. The van der Waals surface area contributed by atoms with Crippen LogP contribution in [0.4, 0.5) is 14.5 Å². The quantitative estimate of drug-likeness (QED) is 0.460. The average Bonchev–Trinajstić information content (AvgIpc) is 3.12. The molecule has 0 saturated carbocycles. The number of hydrogen-bond donors (Lipinski definition) is 3. The Hall–Kier alpha value is -3.28. The Labute approximate surface area is 199 Å². The molecular formula is C21H26ClF2N3O7. The van der Waals surface area contributed by atoms with Gasteiger partial charge < -0.3 is 30.2 Å². The molecule has 1 fully saturated rings. The Morgan fingerprint density at radius 3 is 2.41 bits per heavy atom. The van der Waals surface area contributed by atoms with Gasteiger partial charge in [0, 0.05) is 26.3 Å². The second kappa shape index (κ2) is 12.8. The maximum absolute atomic E-state index is 13.3. The molecule has 1 atom stereocenters. The topological polar surface area (TPSA) is 142 Å². The number of anilines is 1. The molecule has 0 spiro atoms. The number of nitrogens with zero attached hydrogens (tertiary/aromatic N) is 1. The summed E-state index contributed by atoms with van der Waals surface area (Å²) in [5.74, 6) is -5.41. The van der Waals surface area contributed by atoms with E-state index in [-0.39, 0.29) is 47.3 Å². The van der Waals surface area contributed by atoms with E-state index in [1.165, 1.54) is 33.1 Å². The highest BCUT2D eigenvalue weighted by molar-refractivity contribution is 6.35. The van der Waals surface area contributed by atoms with E-state index in [0.29, 0.717) is 6.29 Å².